The molecule has 0 fully saturated rings. The van der Waals surface area contributed by atoms with E-state index in [4.69, 9.17) is 4.74 Å². The Hall–Kier alpha value is -1.58. The van der Waals surface area contributed by atoms with Crippen molar-refractivity contribution in [1.82, 2.24) is 4.98 Å². The van der Waals surface area contributed by atoms with Gasteiger partial charge >= 0.3 is 0 Å². The number of hydrogen-bond acceptors (Lipinski definition) is 3. The monoisotopic (exact) mass is 164 g/mol. The maximum atomic E-state index is 10.9. The molecular formula is C8H8N2O2. The van der Waals surface area contributed by atoms with Gasteiger partial charge in [-0.3, -0.25) is 9.78 Å². The molecule has 1 aliphatic heterocycles. The van der Waals surface area contributed by atoms with Crippen LogP contribution in [0.2, 0.25) is 0 Å². The van der Waals surface area contributed by atoms with Crippen molar-refractivity contribution in [3.05, 3.63) is 18.0 Å². The summed E-state index contributed by atoms with van der Waals surface area (Å²) in [5.41, 5.74) is 1.51. The second-order valence-corrected chi connectivity index (χ2v) is 2.61. The number of carbonyl (C=O) groups excluding carboxylic acids is 1. The Labute approximate surface area is 69.6 Å². The van der Waals surface area contributed by atoms with E-state index >= 15 is 0 Å². The number of aromatic nitrogens is 1. The van der Waals surface area contributed by atoms with Gasteiger partial charge in [0.2, 0.25) is 0 Å². The normalized spacial score (nSPS) is 14.6. The number of fused-ring (bicyclic) bond motifs is 1. The summed E-state index contributed by atoms with van der Waals surface area (Å²) in [6, 6.07) is 1.72. The Morgan fingerprint density at radius 2 is 2.50 bits per heavy atom. The molecule has 0 aliphatic carbocycles. The standard InChI is InChI=1S/C8H8N2O2/c1-5-8-6(2-3-9-5)10-7(11)4-12-8/h2-3H,4H2,1H3,(H,10,11). The molecule has 0 radical (unpaired) electrons. The van der Waals surface area contributed by atoms with Crippen molar-refractivity contribution in [1.29, 1.82) is 0 Å². The first kappa shape index (κ1) is 7.09. The lowest BCUT2D eigenvalue weighted by Crippen LogP contribution is -2.25. The molecule has 2 heterocycles. The Bertz CT molecular complexity index is 336. The lowest BCUT2D eigenvalue weighted by Gasteiger charge is -2.18. The van der Waals surface area contributed by atoms with Crippen molar-refractivity contribution in [2.24, 2.45) is 0 Å². The van der Waals surface area contributed by atoms with Gasteiger partial charge in [-0.25, -0.2) is 0 Å². The third kappa shape index (κ3) is 1.01. The Kier molecular flexibility index (Phi) is 1.46. The number of ether oxygens (including phenoxy) is 1. The molecule has 1 amide bonds. The zero-order chi connectivity index (χ0) is 8.55. The largest absolute Gasteiger partial charge is 0.480 e. The molecule has 4 heteroatoms. The number of pyridine rings is 1. The minimum atomic E-state index is -0.117. The average molecular weight is 164 g/mol. The number of rotatable bonds is 0. The molecule has 1 aromatic rings. The quantitative estimate of drug-likeness (QED) is 0.614. The highest BCUT2D eigenvalue weighted by atomic mass is 16.5. The van der Waals surface area contributed by atoms with Gasteiger partial charge in [0.1, 0.15) is 0 Å². The lowest BCUT2D eigenvalue weighted by atomic mass is 10.2. The van der Waals surface area contributed by atoms with Gasteiger partial charge in [-0.15, -0.1) is 0 Å². The molecule has 12 heavy (non-hydrogen) atoms. The molecule has 4 nitrogen and oxygen atoms in total. The fourth-order valence-electron chi connectivity index (χ4n) is 1.16. The molecule has 0 atom stereocenters. The van der Waals surface area contributed by atoms with E-state index in [1.54, 1.807) is 12.3 Å². The van der Waals surface area contributed by atoms with Crippen LogP contribution >= 0.6 is 0 Å². The fourth-order valence-corrected chi connectivity index (χ4v) is 1.16. The van der Waals surface area contributed by atoms with Crippen LogP contribution in [-0.4, -0.2) is 17.5 Å². The number of aryl methyl sites for hydroxylation is 1. The van der Waals surface area contributed by atoms with Gasteiger partial charge < -0.3 is 10.1 Å². The van der Waals surface area contributed by atoms with Crippen molar-refractivity contribution in [2.45, 2.75) is 6.92 Å². The molecule has 2 rings (SSSR count). The topological polar surface area (TPSA) is 51.2 Å². The molecule has 1 aliphatic rings. The van der Waals surface area contributed by atoms with Crippen molar-refractivity contribution in [2.75, 3.05) is 11.9 Å². The van der Waals surface area contributed by atoms with E-state index in [1.807, 2.05) is 6.92 Å². The lowest BCUT2D eigenvalue weighted by molar-refractivity contribution is -0.118. The van der Waals surface area contributed by atoms with E-state index in [-0.39, 0.29) is 12.5 Å². The molecule has 0 spiro atoms. The average Bonchev–Trinajstić information content (AvgIpc) is 2.04. The van der Waals surface area contributed by atoms with Gasteiger partial charge in [-0.05, 0) is 13.0 Å². The number of hydrogen-bond donors (Lipinski definition) is 1. The zero-order valence-corrected chi connectivity index (χ0v) is 6.63. The van der Waals surface area contributed by atoms with Gasteiger partial charge in [0, 0.05) is 6.20 Å². The number of nitrogens with one attached hydrogen (secondary N) is 1. The van der Waals surface area contributed by atoms with E-state index < -0.39 is 0 Å². The summed E-state index contributed by atoms with van der Waals surface area (Å²) in [6.45, 7) is 1.93. The second-order valence-electron chi connectivity index (χ2n) is 2.61. The van der Waals surface area contributed by atoms with Crippen molar-refractivity contribution >= 4 is 11.6 Å². The van der Waals surface area contributed by atoms with Crippen LogP contribution in [0.5, 0.6) is 5.75 Å². The third-order valence-electron chi connectivity index (χ3n) is 1.70. The number of amides is 1. The van der Waals surface area contributed by atoms with Crippen LogP contribution in [0, 0.1) is 6.92 Å². The Morgan fingerprint density at radius 3 is 3.33 bits per heavy atom. The maximum Gasteiger partial charge on any atom is 0.262 e. The van der Waals surface area contributed by atoms with E-state index in [0.717, 1.165) is 5.69 Å². The summed E-state index contributed by atoms with van der Waals surface area (Å²) in [5, 5.41) is 2.70. The van der Waals surface area contributed by atoms with Gasteiger partial charge in [-0.2, -0.15) is 0 Å². The summed E-state index contributed by atoms with van der Waals surface area (Å²) in [7, 11) is 0. The summed E-state index contributed by atoms with van der Waals surface area (Å²) >= 11 is 0. The van der Waals surface area contributed by atoms with Gasteiger partial charge in [-0.1, -0.05) is 0 Å². The highest BCUT2D eigenvalue weighted by Gasteiger charge is 2.17. The van der Waals surface area contributed by atoms with Crippen LogP contribution in [0.25, 0.3) is 0 Å². The van der Waals surface area contributed by atoms with Crippen LogP contribution in [0.15, 0.2) is 12.3 Å². The molecule has 0 unspecified atom stereocenters. The zero-order valence-electron chi connectivity index (χ0n) is 6.63. The van der Waals surface area contributed by atoms with Crippen LogP contribution < -0.4 is 10.1 Å². The smallest absolute Gasteiger partial charge is 0.262 e. The van der Waals surface area contributed by atoms with Crippen molar-refractivity contribution in [3.63, 3.8) is 0 Å². The SMILES string of the molecule is Cc1nccc2c1OCC(=O)N2. The molecule has 1 aromatic heterocycles. The van der Waals surface area contributed by atoms with Crippen LogP contribution in [-0.2, 0) is 4.79 Å². The molecule has 0 aromatic carbocycles. The Morgan fingerprint density at radius 1 is 1.67 bits per heavy atom. The Balaban J connectivity index is 2.48. The van der Waals surface area contributed by atoms with E-state index in [2.05, 4.69) is 10.3 Å². The van der Waals surface area contributed by atoms with Crippen molar-refractivity contribution in [3.8, 4) is 5.75 Å². The van der Waals surface area contributed by atoms with Crippen LogP contribution in [0.3, 0.4) is 0 Å². The summed E-state index contributed by atoms with van der Waals surface area (Å²) in [6.07, 6.45) is 1.64. The van der Waals surface area contributed by atoms with Crippen molar-refractivity contribution < 1.29 is 9.53 Å². The highest BCUT2D eigenvalue weighted by Crippen LogP contribution is 2.28. The molecule has 0 saturated carbocycles. The number of carbonyl (C=O) groups is 1. The fraction of sp³-hybridized carbons (Fsp3) is 0.250. The first-order chi connectivity index (χ1) is 5.77. The predicted octanol–water partition coefficient (Wildman–Crippen LogP) is 0.721. The maximum absolute atomic E-state index is 10.9. The molecule has 62 valence electrons. The van der Waals surface area contributed by atoms with Crippen LogP contribution in [0.4, 0.5) is 5.69 Å². The predicted molar refractivity (Wildman–Crippen MR) is 43.1 cm³/mol. The number of nitrogens with zero attached hydrogens (tertiary/aromatic N) is 1. The summed E-state index contributed by atoms with van der Waals surface area (Å²) in [5.74, 6) is 0.560. The van der Waals surface area contributed by atoms with Gasteiger partial charge in [0.15, 0.2) is 12.4 Å². The summed E-state index contributed by atoms with van der Waals surface area (Å²) in [4.78, 5) is 14.9. The van der Waals surface area contributed by atoms with Crippen LogP contribution in [0.1, 0.15) is 5.69 Å². The minimum Gasteiger partial charge on any atom is -0.480 e. The third-order valence-corrected chi connectivity index (χ3v) is 1.70. The number of anilines is 1. The van der Waals surface area contributed by atoms with Gasteiger partial charge in [0.05, 0.1) is 11.4 Å². The minimum absolute atomic E-state index is 0.0829. The van der Waals surface area contributed by atoms with E-state index in [9.17, 15) is 4.79 Å². The second kappa shape index (κ2) is 2.48. The molecule has 0 saturated heterocycles. The first-order valence-electron chi connectivity index (χ1n) is 3.65. The van der Waals surface area contributed by atoms with E-state index in [0.29, 0.717) is 11.4 Å². The highest BCUT2D eigenvalue weighted by molar-refractivity contribution is 5.95. The first-order valence-corrected chi connectivity index (χ1v) is 3.65. The van der Waals surface area contributed by atoms with Gasteiger partial charge in [0.25, 0.3) is 5.91 Å². The molecule has 0 bridgehead atoms. The molecule has 1 N–H and O–H groups in total. The summed E-state index contributed by atoms with van der Waals surface area (Å²) < 4.78 is 5.19. The van der Waals surface area contributed by atoms with E-state index in [1.165, 1.54) is 0 Å². The molecular weight excluding hydrogens is 156 g/mol.